The lowest BCUT2D eigenvalue weighted by Gasteiger charge is -2.43. The molecule has 12 heteroatoms. The number of nitro groups is 1. The molecule has 184 valence electrons. The molecular formula is C21H29BrF2N4O5. The van der Waals surface area contributed by atoms with Crippen molar-refractivity contribution in [2.45, 2.75) is 51.9 Å². The predicted octanol–water partition coefficient (Wildman–Crippen LogP) is 4.48. The SMILES string of the molecule is CC(C)(C)OC(=O)N1CCN(C2CCN(c3cc(OC(F)F)c([N+](=O)[O-])cc3Br)CC2)CC1. The number of hydrogen-bond acceptors (Lipinski definition) is 7. The van der Waals surface area contributed by atoms with E-state index in [1.807, 2.05) is 25.7 Å². The fourth-order valence-electron chi connectivity index (χ4n) is 4.18. The Bertz CT molecular complexity index is 867. The van der Waals surface area contributed by atoms with E-state index in [-0.39, 0.29) is 6.09 Å². The second kappa shape index (κ2) is 10.4. The molecule has 2 aliphatic heterocycles. The third kappa shape index (κ3) is 6.66. The fourth-order valence-corrected chi connectivity index (χ4v) is 4.76. The van der Waals surface area contributed by atoms with Gasteiger partial charge in [0.1, 0.15) is 5.60 Å². The molecular weight excluding hydrogens is 506 g/mol. The molecule has 1 aromatic rings. The van der Waals surface area contributed by atoms with Crippen molar-refractivity contribution in [2.24, 2.45) is 0 Å². The van der Waals surface area contributed by atoms with Gasteiger partial charge in [-0.25, -0.2) is 4.79 Å². The second-order valence-electron chi connectivity index (χ2n) is 9.13. The zero-order chi connectivity index (χ0) is 24.3. The zero-order valence-electron chi connectivity index (χ0n) is 18.9. The number of piperazine rings is 1. The first-order chi connectivity index (χ1) is 15.4. The zero-order valence-corrected chi connectivity index (χ0v) is 20.5. The molecule has 2 aliphatic rings. The van der Waals surface area contributed by atoms with Crippen LogP contribution in [0, 0.1) is 10.1 Å². The molecule has 0 spiro atoms. The largest absolute Gasteiger partial charge is 0.444 e. The summed E-state index contributed by atoms with van der Waals surface area (Å²) in [7, 11) is 0. The second-order valence-corrected chi connectivity index (χ2v) is 9.98. The third-order valence-electron chi connectivity index (χ3n) is 5.73. The summed E-state index contributed by atoms with van der Waals surface area (Å²) < 4.78 is 35.8. The van der Waals surface area contributed by atoms with Crippen LogP contribution in [0.2, 0.25) is 0 Å². The number of alkyl halides is 2. The van der Waals surface area contributed by atoms with Gasteiger partial charge in [0.25, 0.3) is 0 Å². The fraction of sp³-hybridized carbons (Fsp3) is 0.667. The number of piperidine rings is 1. The highest BCUT2D eigenvalue weighted by atomic mass is 79.9. The van der Waals surface area contributed by atoms with Crippen molar-refractivity contribution in [3.8, 4) is 5.75 Å². The molecule has 0 bridgehead atoms. The summed E-state index contributed by atoms with van der Waals surface area (Å²) in [6.45, 7) is 6.47. The average Bonchev–Trinajstić information content (AvgIpc) is 2.73. The van der Waals surface area contributed by atoms with Crippen LogP contribution in [0.15, 0.2) is 16.6 Å². The number of nitrogens with zero attached hydrogens (tertiary/aromatic N) is 4. The molecule has 2 heterocycles. The van der Waals surface area contributed by atoms with Crippen LogP contribution in [0.5, 0.6) is 5.75 Å². The lowest BCUT2D eigenvalue weighted by atomic mass is 10.0. The van der Waals surface area contributed by atoms with Gasteiger partial charge in [-0.1, -0.05) is 0 Å². The number of ether oxygens (including phenoxy) is 2. The van der Waals surface area contributed by atoms with E-state index >= 15 is 0 Å². The van der Waals surface area contributed by atoms with Gasteiger partial charge in [-0.3, -0.25) is 15.0 Å². The quantitative estimate of drug-likeness (QED) is 0.406. The number of hydrogen-bond donors (Lipinski definition) is 0. The minimum Gasteiger partial charge on any atom is -0.444 e. The van der Waals surface area contributed by atoms with E-state index in [2.05, 4.69) is 25.6 Å². The highest BCUT2D eigenvalue weighted by molar-refractivity contribution is 9.10. The molecule has 0 aliphatic carbocycles. The molecule has 0 saturated carbocycles. The van der Waals surface area contributed by atoms with Crippen molar-refractivity contribution in [1.29, 1.82) is 0 Å². The Balaban J connectivity index is 1.58. The van der Waals surface area contributed by atoms with Gasteiger partial charge in [-0.2, -0.15) is 8.78 Å². The molecule has 0 atom stereocenters. The van der Waals surface area contributed by atoms with Crippen LogP contribution in [0.4, 0.5) is 25.0 Å². The van der Waals surface area contributed by atoms with Crippen molar-refractivity contribution < 1.29 is 28.0 Å². The van der Waals surface area contributed by atoms with E-state index in [1.54, 1.807) is 4.90 Å². The highest BCUT2D eigenvalue weighted by Gasteiger charge is 2.32. The van der Waals surface area contributed by atoms with E-state index in [1.165, 1.54) is 12.1 Å². The number of carbonyl (C=O) groups is 1. The summed E-state index contributed by atoms with van der Waals surface area (Å²) in [4.78, 5) is 28.8. The van der Waals surface area contributed by atoms with Crippen LogP contribution >= 0.6 is 15.9 Å². The first-order valence-corrected chi connectivity index (χ1v) is 11.6. The Kier molecular flexibility index (Phi) is 7.99. The van der Waals surface area contributed by atoms with Crippen molar-refractivity contribution in [1.82, 2.24) is 9.80 Å². The lowest BCUT2D eigenvalue weighted by molar-refractivity contribution is -0.386. The van der Waals surface area contributed by atoms with Crippen molar-refractivity contribution in [3.05, 3.63) is 26.7 Å². The molecule has 2 fully saturated rings. The van der Waals surface area contributed by atoms with E-state index in [0.717, 1.165) is 25.9 Å². The standard InChI is InChI=1S/C21H29BrF2N4O5/c1-21(2,3)33-20(29)27-10-8-25(9-11-27)14-4-6-26(7-5-14)16-13-18(32-19(23)24)17(28(30)31)12-15(16)22/h12-14,19H,4-11H2,1-3H3. The van der Waals surface area contributed by atoms with Gasteiger partial charge in [-0.15, -0.1) is 0 Å². The first kappa shape index (κ1) is 25.4. The van der Waals surface area contributed by atoms with Crippen LogP contribution in [0.25, 0.3) is 0 Å². The third-order valence-corrected chi connectivity index (χ3v) is 6.36. The normalized spacial score (nSPS) is 18.5. The van der Waals surface area contributed by atoms with E-state index < -0.39 is 28.6 Å². The van der Waals surface area contributed by atoms with Gasteiger partial charge in [0, 0.05) is 61.9 Å². The number of rotatable bonds is 5. The Hall–Kier alpha value is -2.21. The molecule has 1 aromatic carbocycles. The van der Waals surface area contributed by atoms with E-state index in [9.17, 15) is 23.7 Å². The summed E-state index contributed by atoms with van der Waals surface area (Å²) in [5.41, 5.74) is -0.443. The maximum absolute atomic E-state index is 12.7. The van der Waals surface area contributed by atoms with Crippen LogP contribution in [-0.2, 0) is 4.74 Å². The first-order valence-electron chi connectivity index (χ1n) is 10.8. The number of amides is 1. The smallest absolute Gasteiger partial charge is 0.410 e. The van der Waals surface area contributed by atoms with Gasteiger partial charge in [0.2, 0.25) is 5.75 Å². The molecule has 0 unspecified atom stereocenters. The summed E-state index contributed by atoms with van der Waals surface area (Å²) in [6, 6.07) is 2.85. The Labute approximate surface area is 199 Å². The number of nitro benzene ring substituents is 1. The van der Waals surface area contributed by atoms with Crippen molar-refractivity contribution in [3.63, 3.8) is 0 Å². The minimum atomic E-state index is -3.15. The van der Waals surface area contributed by atoms with Gasteiger partial charge in [0.05, 0.1) is 10.6 Å². The Morgan fingerprint density at radius 3 is 2.27 bits per heavy atom. The van der Waals surface area contributed by atoms with Crippen molar-refractivity contribution in [2.75, 3.05) is 44.2 Å². The molecule has 0 radical (unpaired) electrons. The number of halogens is 3. The van der Waals surface area contributed by atoms with Crippen LogP contribution in [-0.4, -0.2) is 78.3 Å². The van der Waals surface area contributed by atoms with Gasteiger partial charge < -0.3 is 19.3 Å². The minimum absolute atomic E-state index is 0.290. The molecule has 9 nitrogen and oxygen atoms in total. The topological polar surface area (TPSA) is 88.4 Å². The van der Waals surface area contributed by atoms with E-state index in [0.29, 0.717) is 42.4 Å². The molecule has 33 heavy (non-hydrogen) atoms. The van der Waals surface area contributed by atoms with Crippen LogP contribution < -0.4 is 9.64 Å². The maximum atomic E-state index is 12.7. The van der Waals surface area contributed by atoms with Gasteiger partial charge in [-0.05, 0) is 49.5 Å². The number of anilines is 1. The Morgan fingerprint density at radius 2 is 1.76 bits per heavy atom. The van der Waals surface area contributed by atoms with Crippen molar-refractivity contribution >= 4 is 33.4 Å². The highest BCUT2D eigenvalue weighted by Crippen LogP contribution is 2.40. The molecule has 2 saturated heterocycles. The molecule has 0 aromatic heterocycles. The van der Waals surface area contributed by atoms with Gasteiger partial charge >= 0.3 is 18.4 Å². The molecule has 1 amide bonds. The summed E-state index contributed by atoms with van der Waals surface area (Å²) in [6.07, 6.45) is 1.41. The van der Waals surface area contributed by atoms with Crippen LogP contribution in [0.3, 0.4) is 0 Å². The van der Waals surface area contributed by atoms with Gasteiger partial charge in [0.15, 0.2) is 0 Å². The molecule has 3 rings (SSSR count). The van der Waals surface area contributed by atoms with E-state index in [4.69, 9.17) is 4.74 Å². The average molecular weight is 535 g/mol. The maximum Gasteiger partial charge on any atom is 0.410 e. The number of benzene rings is 1. The molecule has 0 N–H and O–H groups in total. The lowest BCUT2D eigenvalue weighted by Crippen LogP contribution is -2.55. The Morgan fingerprint density at radius 1 is 1.15 bits per heavy atom. The summed E-state index contributed by atoms with van der Waals surface area (Å²) in [5, 5.41) is 11.2. The predicted molar refractivity (Wildman–Crippen MR) is 122 cm³/mol. The summed E-state index contributed by atoms with van der Waals surface area (Å²) >= 11 is 3.33. The summed E-state index contributed by atoms with van der Waals surface area (Å²) in [5.74, 6) is -0.450. The number of carbonyl (C=O) groups excluding carboxylic acids is 1. The van der Waals surface area contributed by atoms with Crippen LogP contribution in [0.1, 0.15) is 33.6 Å². The monoisotopic (exact) mass is 534 g/mol.